The van der Waals surface area contributed by atoms with Crippen LogP contribution in [0.3, 0.4) is 0 Å². The molecular formula is C24H37F2N3O2S. The van der Waals surface area contributed by atoms with Crippen molar-refractivity contribution in [3.05, 3.63) is 16.4 Å². The second-order valence-electron chi connectivity index (χ2n) is 11.3. The summed E-state index contributed by atoms with van der Waals surface area (Å²) in [5.41, 5.74) is -0.513. The van der Waals surface area contributed by atoms with Gasteiger partial charge in [-0.2, -0.15) is 0 Å². The number of alkyl halides is 2. The van der Waals surface area contributed by atoms with Crippen molar-refractivity contribution >= 4 is 23.3 Å². The number of unbranched alkanes of at least 4 members (excludes halogenated alkanes) is 1. The summed E-state index contributed by atoms with van der Waals surface area (Å²) in [5.74, 6) is -3.72. The number of hydrogen-bond acceptors (Lipinski definition) is 3. The van der Waals surface area contributed by atoms with Crippen molar-refractivity contribution < 1.29 is 18.4 Å². The van der Waals surface area contributed by atoms with Crippen LogP contribution in [0.4, 0.5) is 8.78 Å². The Labute approximate surface area is 194 Å². The quantitative estimate of drug-likeness (QED) is 0.610. The van der Waals surface area contributed by atoms with E-state index in [1.807, 2.05) is 20.8 Å². The molecule has 0 spiro atoms. The van der Waals surface area contributed by atoms with E-state index in [0.717, 1.165) is 29.5 Å². The zero-order valence-electron chi connectivity index (χ0n) is 20.4. The number of halogens is 2. The third kappa shape index (κ3) is 4.44. The lowest BCUT2D eigenvalue weighted by Gasteiger charge is -2.44. The van der Waals surface area contributed by atoms with Gasteiger partial charge in [0.25, 0.3) is 11.8 Å². The first kappa shape index (κ1) is 25.1. The highest BCUT2D eigenvalue weighted by molar-refractivity contribution is 7.04. The van der Waals surface area contributed by atoms with Gasteiger partial charge in [0.1, 0.15) is 4.67 Å². The average molecular weight is 470 g/mol. The molecule has 8 heteroatoms. The lowest BCUT2D eigenvalue weighted by Crippen LogP contribution is -2.61. The SMILES string of the molecule is CCCCc1cn(C(C)(C)C)s/c1=N\C(=O)[C@]1(C)CC[C@H](C(=O)N2CC(F)(F)C2)C1(C)C. The van der Waals surface area contributed by atoms with Crippen LogP contribution in [-0.2, 0) is 21.5 Å². The van der Waals surface area contributed by atoms with Crippen LogP contribution in [0.2, 0.25) is 0 Å². The fourth-order valence-electron chi connectivity index (χ4n) is 4.76. The molecule has 0 aromatic carbocycles. The minimum absolute atomic E-state index is 0.101. The highest BCUT2D eigenvalue weighted by Crippen LogP contribution is 2.57. The Bertz CT molecular complexity index is 949. The van der Waals surface area contributed by atoms with Crippen molar-refractivity contribution in [3.8, 4) is 0 Å². The van der Waals surface area contributed by atoms with Gasteiger partial charge in [-0.15, -0.1) is 0 Å². The number of rotatable bonds is 5. The van der Waals surface area contributed by atoms with Gasteiger partial charge in [0, 0.05) is 23.2 Å². The van der Waals surface area contributed by atoms with Crippen LogP contribution in [0.25, 0.3) is 0 Å². The Morgan fingerprint density at radius 2 is 1.84 bits per heavy atom. The third-order valence-corrected chi connectivity index (χ3v) is 8.93. The molecule has 2 heterocycles. The summed E-state index contributed by atoms with van der Waals surface area (Å²) in [6.45, 7) is 13.2. The minimum atomic E-state index is -2.79. The molecular weight excluding hydrogens is 432 g/mol. The van der Waals surface area contributed by atoms with Crippen LogP contribution < -0.4 is 4.67 Å². The Morgan fingerprint density at radius 1 is 1.22 bits per heavy atom. The van der Waals surface area contributed by atoms with Crippen LogP contribution in [-0.4, -0.2) is 39.7 Å². The Morgan fingerprint density at radius 3 is 2.38 bits per heavy atom. The summed E-state index contributed by atoms with van der Waals surface area (Å²) >= 11 is 1.50. The van der Waals surface area contributed by atoms with Crippen molar-refractivity contribution in [1.29, 1.82) is 0 Å². The molecule has 2 atom stereocenters. The molecule has 0 N–H and O–H groups in total. The zero-order valence-corrected chi connectivity index (χ0v) is 21.2. The number of amides is 2. The molecule has 0 unspecified atom stereocenters. The van der Waals surface area contributed by atoms with Gasteiger partial charge >= 0.3 is 0 Å². The normalized spacial score (nSPS) is 27.5. The molecule has 2 amide bonds. The van der Waals surface area contributed by atoms with Crippen LogP contribution in [0.15, 0.2) is 11.2 Å². The molecule has 0 bridgehead atoms. The first-order valence-electron chi connectivity index (χ1n) is 11.6. The summed E-state index contributed by atoms with van der Waals surface area (Å²) in [6, 6.07) is 0. The molecule has 1 aliphatic heterocycles. The minimum Gasteiger partial charge on any atom is -0.330 e. The summed E-state index contributed by atoms with van der Waals surface area (Å²) < 4.78 is 29.5. The maximum atomic E-state index is 13.5. The van der Waals surface area contributed by atoms with Crippen LogP contribution >= 0.6 is 11.5 Å². The average Bonchev–Trinajstić information content (AvgIpc) is 3.16. The number of hydrogen-bond donors (Lipinski definition) is 0. The second kappa shape index (κ2) is 8.33. The van der Waals surface area contributed by atoms with Crippen molar-refractivity contribution in [2.75, 3.05) is 13.1 Å². The highest BCUT2D eigenvalue weighted by atomic mass is 32.1. The number of carbonyl (C=O) groups excluding carboxylic acids is 2. The van der Waals surface area contributed by atoms with Crippen LogP contribution in [0.5, 0.6) is 0 Å². The van der Waals surface area contributed by atoms with Crippen molar-refractivity contribution in [1.82, 2.24) is 8.86 Å². The van der Waals surface area contributed by atoms with E-state index >= 15 is 0 Å². The molecule has 1 aromatic rings. The van der Waals surface area contributed by atoms with Gasteiger partial charge in [-0.25, -0.2) is 13.8 Å². The van der Waals surface area contributed by atoms with Crippen molar-refractivity contribution in [3.63, 3.8) is 0 Å². The molecule has 5 nitrogen and oxygen atoms in total. The van der Waals surface area contributed by atoms with E-state index in [2.05, 4.69) is 42.8 Å². The van der Waals surface area contributed by atoms with E-state index in [1.165, 1.54) is 16.4 Å². The summed E-state index contributed by atoms with van der Waals surface area (Å²) in [4.78, 5) is 32.3. The van der Waals surface area contributed by atoms with E-state index in [4.69, 9.17) is 0 Å². The number of aromatic nitrogens is 1. The molecule has 0 radical (unpaired) electrons. The van der Waals surface area contributed by atoms with E-state index in [1.54, 1.807) is 0 Å². The van der Waals surface area contributed by atoms with Gasteiger partial charge in [-0.3, -0.25) is 13.5 Å². The highest BCUT2D eigenvalue weighted by Gasteiger charge is 2.60. The molecule has 1 aromatic heterocycles. The number of carbonyl (C=O) groups is 2. The monoisotopic (exact) mass is 469 g/mol. The van der Waals surface area contributed by atoms with Gasteiger partial charge in [-0.1, -0.05) is 34.1 Å². The maximum Gasteiger partial charge on any atom is 0.282 e. The molecule has 2 aliphatic rings. The van der Waals surface area contributed by atoms with Gasteiger partial charge in [-0.05, 0) is 63.4 Å². The van der Waals surface area contributed by atoms with Crippen LogP contribution in [0.1, 0.15) is 79.7 Å². The molecule has 3 rings (SSSR count). The predicted octanol–water partition coefficient (Wildman–Crippen LogP) is 4.99. The third-order valence-electron chi connectivity index (χ3n) is 7.55. The van der Waals surface area contributed by atoms with Crippen molar-refractivity contribution in [2.24, 2.45) is 21.7 Å². The first-order chi connectivity index (χ1) is 14.6. The molecule has 2 fully saturated rings. The smallest absolute Gasteiger partial charge is 0.282 e. The molecule has 1 aliphatic carbocycles. The lowest BCUT2D eigenvalue weighted by molar-refractivity contribution is -0.173. The van der Waals surface area contributed by atoms with Crippen molar-refractivity contribution in [2.45, 2.75) is 92.0 Å². The van der Waals surface area contributed by atoms with Gasteiger partial charge in [0.05, 0.1) is 18.5 Å². The second-order valence-corrected chi connectivity index (χ2v) is 12.2. The summed E-state index contributed by atoms with van der Waals surface area (Å²) in [6.07, 6.45) is 6.09. The van der Waals surface area contributed by atoms with Gasteiger partial charge in [0.2, 0.25) is 5.91 Å². The van der Waals surface area contributed by atoms with E-state index in [-0.39, 0.29) is 17.4 Å². The molecule has 1 saturated heterocycles. The number of aryl methyl sites for hydroxylation is 1. The van der Waals surface area contributed by atoms with E-state index in [0.29, 0.717) is 12.8 Å². The van der Waals surface area contributed by atoms with E-state index in [9.17, 15) is 18.4 Å². The fourth-order valence-corrected chi connectivity index (χ4v) is 5.79. The number of nitrogens with zero attached hydrogens (tertiary/aromatic N) is 3. The Hall–Kier alpha value is -1.57. The van der Waals surface area contributed by atoms with Crippen LogP contribution in [0, 0.1) is 16.7 Å². The predicted molar refractivity (Wildman–Crippen MR) is 123 cm³/mol. The fraction of sp³-hybridized carbons (Fsp3) is 0.792. The molecule has 1 saturated carbocycles. The summed E-state index contributed by atoms with van der Waals surface area (Å²) in [7, 11) is 0. The maximum absolute atomic E-state index is 13.5. The Balaban J connectivity index is 1.89. The number of likely N-dealkylation sites (tertiary alicyclic amines) is 1. The Kier molecular flexibility index (Phi) is 6.53. The summed E-state index contributed by atoms with van der Waals surface area (Å²) in [5, 5.41) is 0. The molecule has 32 heavy (non-hydrogen) atoms. The van der Waals surface area contributed by atoms with Gasteiger partial charge < -0.3 is 4.90 Å². The largest absolute Gasteiger partial charge is 0.330 e. The van der Waals surface area contributed by atoms with E-state index < -0.39 is 35.8 Å². The molecule has 180 valence electrons. The lowest BCUT2D eigenvalue weighted by atomic mass is 9.65. The standard InChI is InChI=1S/C24H37F2N3O2S/c1-8-9-10-16-13-29(21(2,3)4)32-18(16)27-20(31)23(7)12-11-17(22(23,5)6)19(30)28-14-24(25,26)15-28/h13,17H,8-12,14-15H2,1-7H3/b27-18-/t17-,23+/m1/s1. The zero-order chi connectivity index (χ0) is 24.1. The first-order valence-corrected chi connectivity index (χ1v) is 12.4. The topological polar surface area (TPSA) is 54.7 Å². The van der Waals surface area contributed by atoms with Gasteiger partial charge in [0.15, 0.2) is 0 Å².